The van der Waals surface area contributed by atoms with E-state index in [9.17, 15) is 13.2 Å². The molecule has 0 N–H and O–H groups in total. The van der Waals surface area contributed by atoms with Crippen molar-refractivity contribution in [3.63, 3.8) is 0 Å². The lowest BCUT2D eigenvalue weighted by molar-refractivity contribution is -0.0328. The lowest BCUT2D eigenvalue weighted by atomic mass is 10.3. The SMILES string of the molecule is CCSc1cnc(Cl)cc1-c1nc2cc(SC(F)(F)F)ccc2o1. The quantitative estimate of drug-likeness (QED) is 0.388. The molecule has 0 fully saturated rings. The summed E-state index contributed by atoms with van der Waals surface area (Å²) in [6.45, 7) is 2.00. The maximum Gasteiger partial charge on any atom is 0.446 e. The summed E-state index contributed by atoms with van der Waals surface area (Å²) >= 11 is 7.32. The number of fused-ring (bicyclic) bond motifs is 1. The zero-order valence-corrected chi connectivity index (χ0v) is 14.6. The fraction of sp³-hybridized carbons (Fsp3) is 0.200. The highest BCUT2D eigenvalue weighted by Gasteiger charge is 2.29. The molecule has 0 aliphatic heterocycles. The molecular formula is C15H10ClF3N2OS2. The highest BCUT2D eigenvalue weighted by atomic mass is 35.5. The van der Waals surface area contributed by atoms with Gasteiger partial charge in [0.1, 0.15) is 10.7 Å². The Labute approximate surface area is 149 Å². The van der Waals surface area contributed by atoms with Crippen LogP contribution in [-0.4, -0.2) is 21.2 Å². The summed E-state index contributed by atoms with van der Waals surface area (Å²) in [5.41, 5.74) is -2.90. The van der Waals surface area contributed by atoms with Gasteiger partial charge in [0.2, 0.25) is 5.89 Å². The number of nitrogens with zero attached hydrogens (tertiary/aromatic N) is 2. The Morgan fingerprint density at radius 1 is 1.25 bits per heavy atom. The topological polar surface area (TPSA) is 38.9 Å². The fourth-order valence-electron chi connectivity index (χ4n) is 2.07. The molecule has 0 amide bonds. The smallest absolute Gasteiger partial charge is 0.436 e. The summed E-state index contributed by atoms with van der Waals surface area (Å²) in [5, 5.41) is 0.293. The predicted molar refractivity (Wildman–Crippen MR) is 90.6 cm³/mol. The van der Waals surface area contributed by atoms with E-state index < -0.39 is 5.51 Å². The number of halogens is 4. The average Bonchev–Trinajstić information content (AvgIpc) is 2.90. The molecule has 0 unspecified atom stereocenters. The van der Waals surface area contributed by atoms with Crippen molar-refractivity contribution in [2.45, 2.75) is 22.2 Å². The van der Waals surface area contributed by atoms with Gasteiger partial charge in [-0.15, -0.1) is 11.8 Å². The van der Waals surface area contributed by atoms with E-state index in [1.54, 1.807) is 24.0 Å². The number of pyridine rings is 1. The van der Waals surface area contributed by atoms with Crippen molar-refractivity contribution in [3.05, 3.63) is 35.6 Å². The summed E-state index contributed by atoms with van der Waals surface area (Å²) in [4.78, 5) is 9.26. The molecule has 0 aliphatic carbocycles. The van der Waals surface area contributed by atoms with Gasteiger partial charge in [-0.1, -0.05) is 18.5 Å². The highest BCUT2D eigenvalue weighted by Crippen LogP contribution is 2.39. The summed E-state index contributed by atoms with van der Waals surface area (Å²) in [6.07, 6.45) is 1.63. The zero-order chi connectivity index (χ0) is 17.3. The largest absolute Gasteiger partial charge is 0.446 e. The Balaban J connectivity index is 2.04. The molecule has 0 bridgehead atoms. The van der Waals surface area contributed by atoms with Crippen LogP contribution in [0, 0.1) is 0 Å². The number of aromatic nitrogens is 2. The summed E-state index contributed by atoms with van der Waals surface area (Å²) < 4.78 is 43.1. The molecule has 9 heteroatoms. The molecule has 126 valence electrons. The number of benzene rings is 1. The molecule has 0 spiro atoms. The second kappa shape index (κ2) is 6.85. The van der Waals surface area contributed by atoms with Crippen LogP contribution in [0.15, 0.2) is 44.7 Å². The Bertz CT molecular complexity index is 883. The minimum Gasteiger partial charge on any atom is -0.436 e. The molecule has 0 aliphatic rings. The van der Waals surface area contributed by atoms with Crippen LogP contribution >= 0.6 is 35.1 Å². The van der Waals surface area contributed by atoms with Gasteiger partial charge >= 0.3 is 5.51 Å². The molecule has 3 nitrogen and oxygen atoms in total. The lowest BCUT2D eigenvalue weighted by Crippen LogP contribution is -1.98. The minimum absolute atomic E-state index is 0.0609. The van der Waals surface area contributed by atoms with Crippen LogP contribution < -0.4 is 0 Å². The van der Waals surface area contributed by atoms with Gasteiger partial charge in [0.15, 0.2) is 5.58 Å². The fourth-order valence-corrected chi connectivity index (χ4v) is 3.55. The third kappa shape index (κ3) is 3.99. The maximum absolute atomic E-state index is 12.5. The van der Waals surface area contributed by atoms with Crippen LogP contribution in [-0.2, 0) is 0 Å². The molecule has 24 heavy (non-hydrogen) atoms. The van der Waals surface area contributed by atoms with Gasteiger partial charge in [-0.3, -0.25) is 0 Å². The van der Waals surface area contributed by atoms with E-state index >= 15 is 0 Å². The van der Waals surface area contributed by atoms with Crippen molar-refractivity contribution < 1.29 is 17.6 Å². The molecule has 0 radical (unpaired) electrons. The first-order valence-electron chi connectivity index (χ1n) is 6.81. The number of hydrogen-bond acceptors (Lipinski definition) is 5. The molecule has 2 heterocycles. The maximum atomic E-state index is 12.5. The molecule has 0 atom stereocenters. The Kier molecular flexibility index (Phi) is 4.98. The van der Waals surface area contributed by atoms with Crippen LogP contribution in [0.2, 0.25) is 5.15 Å². The Hall–Kier alpha value is -1.38. The van der Waals surface area contributed by atoms with Gasteiger partial charge in [-0.25, -0.2) is 9.97 Å². The molecule has 3 rings (SSSR count). The van der Waals surface area contributed by atoms with E-state index in [1.807, 2.05) is 6.92 Å². The Morgan fingerprint density at radius 2 is 2.04 bits per heavy atom. The van der Waals surface area contributed by atoms with Gasteiger partial charge < -0.3 is 4.42 Å². The van der Waals surface area contributed by atoms with E-state index in [4.69, 9.17) is 16.0 Å². The van der Waals surface area contributed by atoms with E-state index in [0.29, 0.717) is 27.7 Å². The summed E-state index contributed by atoms with van der Waals surface area (Å²) in [7, 11) is 0. The second-order valence-corrected chi connectivity index (χ2v) is 7.46. The molecule has 1 aromatic carbocycles. The van der Waals surface area contributed by atoms with Gasteiger partial charge in [-0.05, 0) is 41.8 Å². The Morgan fingerprint density at radius 3 is 2.75 bits per heavy atom. The van der Waals surface area contributed by atoms with E-state index in [-0.39, 0.29) is 16.7 Å². The van der Waals surface area contributed by atoms with Gasteiger partial charge in [0.25, 0.3) is 0 Å². The van der Waals surface area contributed by atoms with Crippen molar-refractivity contribution in [1.29, 1.82) is 0 Å². The highest BCUT2D eigenvalue weighted by molar-refractivity contribution is 8.00. The number of rotatable bonds is 4. The van der Waals surface area contributed by atoms with Crippen molar-refractivity contribution >= 4 is 46.2 Å². The average molecular weight is 391 g/mol. The van der Waals surface area contributed by atoms with Gasteiger partial charge in [-0.2, -0.15) is 13.2 Å². The van der Waals surface area contributed by atoms with Crippen molar-refractivity contribution in [2.24, 2.45) is 0 Å². The second-order valence-electron chi connectivity index (χ2n) is 4.63. The van der Waals surface area contributed by atoms with E-state index in [1.165, 1.54) is 18.2 Å². The first kappa shape index (κ1) is 17.4. The van der Waals surface area contributed by atoms with Crippen LogP contribution in [0.25, 0.3) is 22.6 Å². The first-order chi connectivity index (χ1) is 11.4. The number of oxazole rings is 1. The molecule has 0 saturated heterocycles. The predicted octanol–water partition coefficient (Wildman–Crippen LogP) is 6.27. The third-order valence-electron chi connectivity index (χ3n) is 2.96. The van der Waals surface area contributed by atoms with Gasteiger partial charge in [0.05, 0.1) is 5.56 Å². The van der Waals surface area contributed by atoms with Gasteiger partial charge in [0, 0.05) is 16.0 Å². The zero-order valence-electron chi connectivity index (χ0n) is 12.2. The van der Waals surface area contributed by atoms with E-state index in [2.05, 4.69) is 9.97 Å². The number of alkyl halides is 3. The monoisotopic (exact) mass is 390 g/mol. The van der Waals surface area contributed by atoms with Crippen molar-refractivity contribution in [1.82, 2.24) is 9.97 Å². The first-order valence-corrected chi connectivity index (χ1v) is 8.99. The summed E-state index contributed by atoms with van der Waals surface area (Å²) in [6, 6.07) is 5.83. The van der Waals surface area contributed by atoms with Crippen LogP contribution in [0.3, 0.4) is 0 Å². The lowest BCUT2D eigenvalue weighted by Gasteiger charge is -2.04. The molecule has 3 aromatic rings. The van der Waals surface area contributed by atoms with E-state index in [0.717, 1.165) is 10.6 Å². The van der Waals surface area contributed by atoms with Crippen LogP contribution in [0.1, 0.15) is 6.92 Å². The standard InChI is InChI=1S/C15H10ClF3N2OS2/c1-2-23-12-7-20-13(16)6-9(12)14-21-10-5-8(24-15(17,18)19)3-4-11(10)22-14/h3-7H,2H2,1H3. The molecule has 2 aromatic heterocycles. The number of hydrogen-bond donors (Lipinski definition) is 0. The third-order valence-corrected chi connectivity index (χ3v) is 4.81. The van der Waals surface area contributed by atoms with Crippen molar-refractivity contribution in [2.75, 3.05) is 5.75 Å². The van der Waals surface area contributed by atoms with Crippen LogP contribution in [0.4, 0.5) is 13.2 Å². The normalized spacial score (nSPS) is 12.0. The van der Waals surface area contributed by atoms with Crippen molar-refractivity contribution in [3.8, 4) is 11.5 Å². The minimum atomic E-state index is -4.34. The number of thioether (sulfide) groups is 2. The molecule has 0 saturated carbocycles. The molecular weight excluding hydrogens is 381 g/mol. The summed E-state index contributed by atoms with van der Waals surface area (Å²) in [5.74, 6) is 1.13. The van der Waals surface area contributed by atoms with Crippen LogP contribution in [0.5, 0.6) is 0 Å².